The van der Waals surface area contributed by atoms with Gasteiger partial charge in [-0.1, -0.05) is 20.3 Å². The minimum Gasteiger partial charge on any atom is -0.355 e. The molecule has 18 heavy (non-hydrogen) atoms. The minimum atomic E-state index is 0.650. The summed E-state index contributed by atoms with van der Waals surface area (Å²) in [5.41, 5.74) is 0. The Labute approximate surface area is 110 Å². The molecule has 1 aliphatic heterocycles. The molecule has 1 saturated heterocycles. The van der Waals surface area contributed by atoms with Crippen LogP contribution in [0, 0.1) is 5.92 Å². The van der Waals surface area contributed by atoms with Gasteiger partial charge in [0, 0.05) is 32.0 Å². The molecule has 0 aromatic carbocycles. The van der Waals surface area contributed by atoms with Crippen molar-refractivity contribution < 1.29 is 0 Å². The topological polar surface area (TPSA) is 33.1 Å². The van der Waals surface area contributed by atoms with Crippen LogP contribution < -0.4 is 5.32 Å². The van der Waals surface area contributed by atoms with Crippen molar-refractivity contribution in [1.82, 2.24) is 14.5 Å². The summed E-state index contributed by atoms with van der Waals surface area (Å²) in [6.07, 6.45) is 8.10. The molecule has 0 saturated carbocycles. The molecule has 2 heterocycles. The molecule has 1 aliphatic rings. The lowest BCUT2D eigenvalue weighted by Crippen LogP contribution is -2.32. The smallest absolute Gasteiger partial charge is 0.202 e. The van der Waals surface area contributed by atoms with Gasteiger partial charge in [-0.15, -0.1) is 0 Å². The molecule has 0 radical (unpaired) electrons. The van der Waals surface area contributed by atoms with Gasteiger partial charge in [0.05, 0.1) is 0 Å². The van der Waals surface area contributed by atoms with Crippen molar-refractivity contribution in [3.8, 4) is 0 Å². The fourth-order valence-corrected chi connectivity index (χ4v) is 2.38. The van der Waals surface area contributed by atoms with E-state index in [1.807, 2.05) is 6.20 Å². The molecule has 2 rings (SSSR count). The fourth-order valence-electron chi connectivity index (χ4n) is 2.38. The number of likely N-dealkylation sites (tertiary alicyclic amines) is 1. The maximum atomic E-state index is 4.39. The van der Waals surface area contributed by atoms with Crippen molar-refractivity contribution in [1.29, 1.82) is 0 Å². The zero-order chi connectivity index (χ0) is 12.8. The second-order valence-corrected chi connectivity index (χ2v) is 5.62. The summed E-state index contributed by atoms with van der Waals surface area (Å²) in [5, 5.41) is 3.41. The molecule has 0 aliphatic carbocycles. The highest BCUT2D eigenvalue weighted by molar-refractivity contribution is 5.25. The number of hydrogen-bond acceptors (Lipinski definition) is 3. The third-order valence-electron chi connectivity index (χ3n) is 3.49. The van der Waals surface area contributed by atoms with Crippen molar-refractivity contribution >= 4 is 5.95 Å². The SMILES string of the molecule is CC(C)CNc1nccn1CCN1CCCCC1. The lowest BCUT2D eigenvalue weighted by molar-refractivity contribution is 0.221. The van der Waals surface area contributed by atoms with Gasteiger partial charge in [0.25, 0.3) is 0 Å². The van der Waals surface area contributed by atoms with Gasteiger partial charge in [0.1, 0.15) is 0 Å². The van der Waals surface area contributed by atoms with E-state index in [2.05, 4.69) is 39.8 Å². The Morgan fingerprint density at radius 1 is 1.22 bits per heavy atom. The standard InChI is InChI=1S/C14H26N4/c1-13(2)12-16-14-15-6-9-18(14)11-10-17-7-4-3-5-8-17/h6,9,13H,3-5,7-8,10-12H2,1-2H3,(H,15,16). The van der Waals surface area contributed by atoms with Gasteiger partial charge in [-0.25, -0.2) is 4.98 Å². The first-order valence-corrected chi connectivity index (χ1v) is 7.23. The lowest BCUT2D eigenvalue weighted by atomic mass is 10.1. The van der Waals surface area contributed by atoms with Gasteiger partial charge < -0.3 is 14.8 Å². The minimum absolute atomic E-state index is 0.650. The summed E-state index contributed by atoms with van der Waals surface area (Å²) >= 11 is 0. The van der Waals surface area contributed by atoms with Gasteiger partial charge in [-0.2, -0.15) is 0 Å². The van der Waals surface area contributed by atoms with Crippen LogP contribution in [0.2, 0.25) is 0 Å². The summed E-state index contributed by atoms with van der Waals surface area (Å²) in [6.45, 7) is 10.1. The van der Waals surface area contributed by atoms with Crippen molar-refractivity contribution in [3.05, 3.63) is 12.4 Å². The number of rotatable bonds is 6. The molecule has 0 unspecified atom stereocenters. The predicted molar refractivity (Wildman–Crippen MR) is 75.8 cm³/mol. The molecule has 0 spiro atoms. The lowest BCUT2D eigenvalue weighted by Gasteiger charge is -2.26. The van der Waals surface area contributed by atoms with Crippen molar-refractivity contribution in [2.24, 2.45) is 5.92 Å². The maximum absolute atomic E-state index is 4.39. The quantitative estimate of drug-likeness (QED) is 0.842. The summed E-state index contributed by atoms with van der Waals surface area (Å²) in [5.74, 6) is 1.66. The molecule has 1 fully saturated rings. The van der Waals surface area contributed by atoms with E-state index in [1.165, 1.54) is 32.4 Å². The summed E-state index contributed by atoms with van der Waals surface area (Å²) in [6, 6.07) is 0. The average molecular weight is 250 g/mol. The highest BCUT2D eigenvalue weighted by Gasteiger charge is 2.10. The molecule has 4 nitrogen and oxygen atoms in total. The molecular weight excluding hydrogens is 224 g/mol. The first-order valence-electron chi connectivity index (χ1n) is 7.23. The Kier molecular flexibility index (Phi) is 5.05. The van der Waals surface area contributed by atoms with E-state index in [1.54, 1.807) is 0 Å². The van der Waals surface area contributed by atoms with Crippen LogP contribution in [-0.2, 0) is 6.54 Å². The number of aromatic nitrogens is 2. The molecule has 4 heteroatoms. The van der Waals surface area contributed by atoms with E-state index in [4.69, 9.17) is 0 Å². The van der Waals surface area contributed by atoms with E-state index in [9.17, 15) is 0 Å². The second kappa shape index (κ2) is 6.78. The van der Waals surface area contributed by atoms with E-state index in [-0.39, 0.29) is 0 Å². The van der Waals surface area contributed by atoms with Crippen LogP contribution in [0.1, 0.15) is 33.1 Å². The van der Waals surface area contributed by atoms with Crippen LogP contribution in [0.4, 0.5) is 5.95 Å². The van der Waals surface area contributed by atoms with Crippen LogP contribution in [0.5, 0.6) is 0 Å². The zero-order valence-corrected chi connectivity index (χ0v) is 11.7. The van der Waals surface area contributed by atoms with Crippen molar-refractivity contribution in [2.45, 2.75) is 39.7 Å². The molecule has 102 valence electrons. The molecule has 0 amide bonds. The van der Waals surface area contributed by atoms with E-state index < -0.39 is 0 Å². The first-order chi connectivity index (χ1) is 8.75. The number of anilines is 1. The third-order valence-corrected chi connectivity index (χ3v) is 3.49. The molecule has 0 bridgehead atoms. The maximum Gasteiger partial charge on any atom is 0.202 e. The Bertz CT molecular complexity index is 339. The number of piperidine rings is 1. The van der Waals surface area contributed by atoms with Gasteiger partial charge in [0.2, 0.25) is 5.95 Å². The Balaban J connectivity index is 1.79. The number of hydrogen-bond donors (Lipinski definition) is 1. The Morgan fingerprint density at radius 3 is 2.72 bits per heavy atom. The van der Waals surface area contributed by atoms with Gasteiger partial charge in [-0.3, -0.25) is 0 Å². The van der Waals surface area contributed by atoms with Crippen LogP contribution in [0.3, 0.4) is 0 Å². The average Bonchev–Trinajstić information content (AvgIpc) is 2.82. The molecular formula is C14H26N4. The highest BCUT2D eigenvalue weighted by Crippen LogP contribution is 2.10. The monoisotopic (exact) mass is 250 g/mol. The van der Waals surface area contributed by atoms with E-state index in [0.717, 1.165) is 25.6 Å². The van der Waals surface area contributed by atoms with Crippen LogP contribution in [0.25, 0.3) is 0 Å². The molecule has 1 N–H and O–H groups in total. The Morgan fingerprint density at radius 2 is 2.00 bits per heavy atom. The molecule has 0 atom stereocenters. The van der Waals surface area contributed by atoms with Gasteiger partial charge in [-0.05, 0) is 31.8 Å². The second-order valence-electron chi connectivity index (χ2n) is 5.62. The number of nitrogens with zero attached hydrogens (tertiary/aromatic N) is 3. The molecule has 1 aromatic heterocycles. The first kappa shape index (κ1) is 13.4. The number of imidazole rings is 1. The number of nitrogens with one attached hydrogen (secondary N) is 1. The summed E-state index contributed by atoms with van der Waals surface area (Å²) in [4.78, 5) is 6.95. The fraction of sp³-hybridized carbons (Fsp3) is 0.786. The van der Waals surface area contributed by atoms with Crippen LogP contribution in [-0.4, -0.2) is 40.6 Å². The van der Waals surface area contributed by atoms with Crippen LogP contribution >= 0.6 is 0 Å². The van der Waals surface area contributed by atoms with E-state index >= 15 is 0 Å². The summed E-state index contributed by atoms with van der Waals surface area (Å²) < 4.78 is 2.23. The van der Waals surface area contributed by atoms with E-state index in [0.29, 0.717) is 5.92 Å². The third kappa shape index (κ3) is 4.02. The van der Waals surface area contributed by atoms with Crippen molar-refractivity contribution in [2.75, 3.05) is 31.5 Å². The highest BCUT2D eigenvalue weighted by atomic mass is 15.2. The zero-order valence-electron chi connectivity index (χ0n) is 11.7. The normalized spacial score (nSPS) is 17.3. The van der Waals surface area contributed by atoms with Gasteiger partial charge >= 0.3 is 0 Å². The Hall–Kier alpha value is -1.03. The van der Waals surface area contributed by atoms with Crippen molar-refractivity contribution in [3.63, 3.8) is 0 Å². The largest absolute Gasteiger partial charge is 0.355 e. The molecule has 1 aromatic rings. The van der Waals surface area contributed by atoms with Gasteiger partial charge in [0.15, 0.2) is 0 Å². The van der Waals surface area contributed by atoms with Crippen LogP contribution in [0.15, 0.2) is 12.4 Å². The summed E-state index contributed by atoms with van der Waals surface area (Å²) in [7, 11) is 0. The predicted octanol–water partition coefficient (Wildman–Crippen LogP) is 2.44.